The molecule has 1 aliphatic heterocycles. The number of nitrogens with zero attached hydrogens (tertiary/aromatic N) is 1. The van der Waals surface area contributed by atoms with Crippen LogP contribution in [0.15, 0.2) is 24.3 Å². The lowest BCUT2D eigenvalue weighted by atomic mass is 10.2. The summed E-state index contributed by atoms with van der Waals surface area (Å²) in [6.07, 6.45) is 1.70. The maximum absolute atomic E-state index is 12.2. The van der Waals surface area contributed by atoms with Crippen LogP contribution >= 0.6 is 0 Å². The fourth-order valence-electron chi connectivity index (χ4n) is 2.43. The molecule has 0 aliphatic carbocycles. The fourth-order valence-corrected chi connectivity index (χ4v) is 2.43. The van der Waals surface area contributed by atoms with Crippen molar-refractivity contribution in [2.75, 3.05) is 40.0 Å². The Morgan fingerprint density at radius 2 is 2.13 bits per heavy atom. The lowest BCUT2D eigenvalue weighted by Crippen LogP contribution is -2.47. The predicted molar refractivity (Wildman–Crippen MR) is 88.1 cm³/mol. The average molecular weight is 322 g/mol. The second kappa shape index (κ2) is 9.25. The highest BCUT2D eigenvalue weighted by atomic mass is 16.6. The first-order chi connectivity index (χ1) is 11.2. The first kappa shape index (κ1) is 17.4. The molecule has 0 fully saturated rings. The number of fused-ring (bicyclic) bond motifs is 1. The highest BCUT2D eigenvalue weighted by Crippen LogP contribution is 2.30. The van der Waals surface area contributed by atoms with Gasteiger partial charge in [-0.15, -0.1) is 0 Å². The molecule has 128 valence electrons. The largest absolute Gasteiger partial charge is 0.486 e. The van der Waals surface area contributed by atoms with Crippen LogP contribution < -0.4 is 14.8 Å². The van der Waals surface area contributed by atoms with Gasteiger partial charge in [0.15, 0.2) is 17.6 Å². The average Bonchev–Trinajstić information content (AvgIpc) is 2.59. The standard InChI is InChI=1S/C17H26N2O4/c1-3-19(17(20)18-10-6-7-11-21-2)12-14-13-22-15-8-4-5-9-16(15)23-14/h4-5,8-9,14H,3,6-7,10-13H2,1-2H3,(H,18,20)/t14-/m0/s1. The summed E-state index contributed by atoms with van der Waals surface area (Å²) < 4.78 is 16.6. The van der Waals surface area contributed by atoms with E-state index >= 15 is 0 Å². The Kier molecular flexibility index (Phi) is 7.00. The summed E-state index contributed by atoms with van der Waals surface area (Å²) in [6, 6.07) is 7.53. The maximum atomic E-state index is 12.2. The zero-order chi connectivity index (χ0) is 16.5. The predicted octanol–water partition coefficient (Wildman–Crippen LogP) is 2.28. The topological polar surface area (TPSA) is 60.0 Å². The fraction of sp³-hybridized carbons (Fsp3) is 0.588. The number of para-hydroxylation sites is 2. The number of hydrogen-bond donors (Lipinski definition) is 1. The van der Waals surface area contributed by atoms with Crippen molar-refractivity contribution in [2.24, 2.45) is 0 Å². The summed E-state index contributed by atoms with van der Waals surface area (Å²) in [7, 11) is 1.68. The van der Waals surface area contributed by atoms with Gasteiger partial charge in [-0.1, -0.05) is 12.1 Å². The van der Waals surface area contributed by atoms with E-state index in [0.29, 0.717) is 26.2 Å². The molecule has 1 aromatic carbocycles. The first-order valence-electron chi connectivity index (χ1n) is 8.14. The smallest absolute Gasteiger partial charge is 0.317 e. The number of amides is 2. The SMILES string of the molecule is CCN(C[C@H]1COc2ccccc2O1)C(=O)NCCCCOC. The van der Waals surface area contributed by atoms with Gasteiger partial charge in [0.1, 0.15) is 6.61 Å². The van der Waals surface area contributed by atoms with Gasteiger partial charge < -0.3 is 24.4 Å². The molecular weight excluding hydrogens is 296 g/mol. The number of methoxy groups -OCH3 is 1. The molecule has 0 radical (unpaired) electrons. The highest BCUT2D eigenvalue weighted by molar-refractivity contribution is 5.74. The molecule has 0 unspecified atom stereocenters. The Bertz CT molecular complexity index is 495. The van der Waals surface area contributed by atoms with E-state index in [2.05, 4.69) is 5.32 Å². The minimum Gasteiger partial charge on any atom is -0.486 e. The Morgan fingerprint density at radius 1 is 1.35 bits per heavy atom. The van der Waals surface area contributed by atoms with Crippen LogP contribution in [-0.2, 0) is 4.74 Å². The molecule has 6 nitrogen and oxygen atoms in total. The number of carbonyl (C=O) groups is 1. The van der Waals surface area contributed by atoms with Crippen molar-refractivity contribution in [1.82, 2.24) is 10.2 Å². The van der Waals surface area contributed by atoms with Gasteiger partial charge in [0.25, 0.3) is 0 Å². The molecule has 1 aromatic rings. The third-order valence-corrected chi connectivity index (χ3v) is 3.71. The lowest BCUT2D eigenvalue weighted by molar-refractivity contribution is 0.0675. The number of hydrogen-bond acceptors (Lipinski definition) is 4. The quantitative estimate of drug-likeness (QED) is 0.746. The van der Waals surface area contributed by atoms with Crippen LogP contribution in [0.1, 0.15) is 19.8 Å². The number of likely N-dealkylation sites (N-methyl/N-ethyl adjacent to an activating group) is 1. The van der Waals surface area contributed by atoms with E-state index in [1.807, 2.05) is 31.2 Å². The van der Waals surface area contributed by atoms with Crippen molar-refractivity contribution in [3.63, 3.8) is 0 Å². The van der Waals surface area contributed by atoms with Crippen molar-refractivity contribution in [1.29, 1.82) is 0 Å². The van der Waals surface area contributed by atoms with Gasteiger partial charge in [-0.3, -0.25) is 0 Å². The number of unbranched alkanes of at least 4 members (excludes halogenated alkanes) is 1. The van der Waals surface area contributed by atoms with Crippen LogP contribution in [0.3, 0.4) is 0 Å². The van der Waals surface area contributed by atoms with Crippen LogP contribution in [0.25, 0.3) is 0 Å². The summed E-state index contributed by atoms with van der Waals surface area (Å²) in [6.45, 7) is 4.93. The molecular formula is C17H26N2O4. The monoisotopic (exact) mass is 322 g/mol. The summed E-state index contributed by atoms with van der Waals surface area (Å²) in [4.78, 5) is 14.0. The second-order valence-corrected chi connectivity index (χ2v) is 5.47. The van der Waals surface area contributed by atoms with E-state index in [1.54, 1.807) is 12.0 Å². The molecule has 0 saturated heterocycles. The van der Waals surface area contributed by atoms with Crippen LogP contribution in [0.4, 0.5) is 4.79 Å². The Morgan fingerprint density at radius 3 is 2.87 bits per heavy atom. The van der Waals surface area contributed by atoms with E-state index in [9.17, 15) is 4.79 Å². The number of urea groups is 1. The van der Waals surface area contributed by atoms with Gasteiger partial charge >= 0.3 is 6.03 Å². The molecule has 0 bridgehead atoms. The number of ether oxygens (including phenoxy) is 3. The van der Waals surface area contributed by atoms with Gasteiger partial charge in [-0.05, 0) is 31.9 Å². The van der Waals surface area contributed by atoms with E-state index < -0.39 is 0 Å². The summed E-state index contributed by atoms with van der Waals surface area (Å²) in [5, 5.41) is 2.94. The molecule has 1 heterocycles. The summed E-state index contributed by atoms with van der Waals surface area (Å²) >= 11 is 0. The summed E-state index contributed by atoms with van der Waals surface area (Å²) in [5.74, 6) is 1.49. The molecule has 0 saturated carbocycles. The molecule has 6 heteroatoms. The maximum Gasteiger partial charge on any atom is 0.317 e. The molecule has 23 heavy (non-hydrogen) atoms. The zero-order valence-electron chi connectivity index (χ0n) is 13.9. The zero-order valence-corrected chi connectivity index (χ0v) is 13.9. The van der Waals surface area contributed by atoms with E-state index in [1.165, 1.54) is 0 Å². The number of carbonyl (C=O) groups excluding carboxylic acids is 1. The van der Waals surface area contributed by atoms with Crippen molar-refractivity contribution in [2.45, 2.75) is 25.9 Å². The number of nitrogens with one attached hydrogen (secondary N) is 1. The van der Waals surface area contributed by atoms with Crippen LogP contribution in [-0.4, -0.2) is 57.0 Å². The van der Waals surface area contributed by atoms with E-state index in [4.69, 9.17) is 14.2 Å². The number of rotatable bonds is 8. The minimum absolute atomic E-state index is 0.0626. The van der Waals surface area contributed by atoms with Gasteiger partial charge in [0, 0.05) is 26.8 Å². The molecule has 2 amide bonds. The third kappa shape index (κ3) is 5.32. The molecule has 0 aromatic heterocycles. The van der Waals surface area contributed by atoms with Crippen LogP contribution in [0.5, 0.6) is 11.5 Å². The van der Waals surface area contributed by atoms with Crippen molar-refractivity contribution < 1.29 is 19.0 Å². The highest BCUT2D eigenvalue weighted by Gasteiger charge is 2.24. The Labute approximate surface area is 137 Å². The Balaban J connectivity index is 1.77. The van der Waals surface area contributed by atoms with E-state index in [0.717, 1.165) is 30.9 Å². The normalized spacial score (nSPS) is 16.0. The van der Waals surface area contributed by atoms with Gasteiger partial charge in [-0.2, -0.15) is 0 Å². The molecule has 1 atom stereocenters. The molecule has 1 N–H and O–H groups in total. The van der Waals surface area contributed by atoms with Crippen molar-refractivity contribution in [3.8, 4) is 11.5 Å². The second-order valence-electron chi connectivity index (χ2n) is 5.47. The Hall–Kier alpha value is -1.95. The lowest BCUT2D eigenvalue weighted by Gasteiger charge is -2.31. The minimum atomic E-state index is -0.149. The summed E-state index contributed by atoms with van der Waals surface area (Å²) in [5.41, 5.74) is 0. The van der Waals surface area contributed by atoms with Crippen molar-refractivity contribution >= 4 is 6.03 Å². The third-order valence-electron chi connectivity index (χ3n) is 3.71. The molecule has 2 rings (SSSR count). The molecule has 0 spiro atoms. The van der Waals surface area contributed by atoms with Gasteiger partial charge in [0.05, 0.1) is 6.54 Å². The number of benzene rings is 1. The van der Waals surface area contributed by atoms with Gasteiger partial charge in [-0.25, -0.2) is 4.79 Å². The van der Waals surface area contributed by atoms with E-state index in [-0.39, 0.29) is 12.1 Å². The molecule has 1 aliphatic rings. The van der Waals surface area contributed by atoms with Gasteiger partial charge in [0.2, 0.25) is 0 Å². The van der Waals surface area contributed by atoms with Crippen LogP contribution in [0, 0.1) is 0 Å². The van der Waals surface area contributed by atoms with Crippen molar-refractivity contribution in [3.05, 3.63) is 24.3 Å². The first-order valence-corrected chi connectivity index (χ1v) is 8.14. The van der Waals surface area contributed by atoms with Crippen LogP contribution in [0.2, 0.25) is 0 Å².